The fourth-order valence-corrected chi connectivity index (χ4v) is 5.41. The van der Waals surface area contributed by atoms with E-state index in [4.69, 9.17) is 4.74 Å². The van der Waals surface area contributed by atoms with Crippen LogP contribution in [-0.4, -0.2) is 16.7 Å². The highest BCUT2D eigenvalue weighted by atomic mass is 79.9. The van der Waals surface area contributed by atoms with Crippen molar-refractivity contribution in [3.8, 4) is 22.7 Å². The van der Waals surface area contributed by atoms with E-state index in [-0.39, 0.29) is 5.91 Å². The molecule has 0 unspecified atom stereocenters. The van der Waals surface area contributed by atoms with E-state index in [1.165, 1.54) is 5.39 Å². The topological polar surface area (TPSA) is 55.6 Å². The number of carbonyl (C=O) groups excluding carboxylic acids is 1. The van der Waals surface area contributed by atoms with Crippen LogP contribution in [-0.2, 0) is 6.61 Å². The highest BCUT2D eigenvalue weighted by Crippen LogP contribution is 2.27. The number of rotatable bonds is 8. The van der Waals surface area contributed by atoms with E-state index in [0.29, 0.717) is 17.9 Å². The number of aromatic nitrogens is 1. The van der Waals surface area contributed by atoms with E-state index in [0.717, 1.165) is 43.6 Å². The van der Waals surface area contributed by atoms with Crippen LogP contribution in [0, 0.1) is 6.92 Å². The van der Waals surface area contributed by atoms with Gasteiger partial charge in [-0.3, -0.25) is 4.79 Å². The van der Waals surface area contributed by atoms with Gasteiger partial charge in [-0.25, -0.2) is 5.43 Å². The summed E-state index contributed by atoms with van der Waals surface area (Å²) in [4.78, 5) is 12.9. The van der Waals surface area contributed by atoms with Crippen LogP contribution >= 0.6 is 15.9 Å². The minimum absolute atomic E-state index is 0.293. The summed E-state index contributed by atoms with van der Waals surface area (Å²) in [6, 6.07) is 42.2. The molecule has 6 rings (SSSR count). The highest BCUT2D eigenvalue weighted by molar-refractivity contribution is 9.10. The Labute approximate surface area is 253 Å². The van der Waals surface area contributed by atoms with Gasteiger partial charge >= 0.3 is 0 Å². The number of hydrogen-bond acceptors (Lipinski definition) is 3. The molecule has 5 nitrogen and oxygen atoms in total. The molecule has 5 aromatic carbocycles. The van der Waals surface area contributed by atoms with Crippen molar-refractivity contribution in [2.75, 3.05) is 0 Å². The third kappa shape index (κ3) is 5.90. The Balaban J connectivity index is 1.15. The molecule has 0 spiro atoms. The van der Waals surface area contributed by atoms with Gasteiger partial charge in [-0.15, -0.1) is 0 Å². The number of ether oxygens (including phenoxy) is 1. The number of halogens is 1. The second-order valence-corrected chi connectivity index (χ2v) is 10.8. The molecule has 0 saturated heterocycles. The molecule has 0 fully saturated rings. The summed E-state index contributed by atoms with van der Waals surface area (Å²) in [6.07, 6.45) is 1.60. The predicted molar refractivity (Wildman–Crippen MR) is 173 cm³/mol. The summed E-state index contributed by atoms with van der Waals surface area (Å²) in [6.45, 7) is 2.49. The van der Waals surface area contributed by atoms with Crippen molar-refractivity contribution in [3.05, 3.63) is 154 Å². The Morgan fingerprint density at radius 2 is 1.62 bits per heavy atom. The van der Waals surface area contributed by atoms with Gasteiger partial charge in [-0.2, -0.15) is 5.10 Å². The van der Waals surface area contributed by atoms with Gasteiger partial charge in [-0.05, 0) is 83.4 Å². The van der Waals surface area contributed by atoms with Crippen LogP contribution in [0.5, 0.6) is 5.75 Å². The first-order valence-corrected chi connectivity index (χ1v) is 14.4. The monoisotopic (exact) mass is 613 g/mol. The molecule has 1 N–H and O–H groups in total. The normalized spacial score (nSPS) is 11.2. The van der Waals surface area contributed by atoms with Gasteiger partial charge in [-0.1, -0.05) is 88.7 Å². The number of fused-ring (bicyclic) bond motifs is 1. The smallest absolute Gasteiger partial charge is 0.271 e. The van der Waals surface area contributed by atoms with Gasteiger partial charge in [0.2, 0.25) is 0 Å². The van der Waals surface area contributed by atoms with Gasteiger partial charge < -0.3 is 9.30 Å². The summed E-state index contributed by atoms with van der Waals surface area (Å²) in [5, 5.41) is 6.57. The predicted octanol–water partition coefficient (Wildman–Crippen LogP) is 8.71. The summed E-state index contributed by atoms with van der Waals surface area (Å²) in [5.74, 6) is 0.378. The molecular formula is C36H28BrN3O2. The molecule has 0 bridgehead atoms. The Morgan fingerprint density at radius 1 is 0.857 bits per heavy atom. The number of benzene rings is 5. The van der Waals surface area contributed by atoms with Crippen LogP contribution in [0.2, 0.25) is 0 Å². The van der Waals surface area contributed by atoms with Crippen LogP contribution in [0.1, 0.15) is 27.2 Å². The number of nitrogens with one attached hydrogen (secondary N) is 1. The maximum absolute atomic E-state index is 12.9. The lowest BCUT2D eigenvalue weighted by Crippen LogP contribution is -2.17. The molecule has 6 aromatic rings. The molecule has 0 atom stereocenters. The number of aryl methyl sites for hydroxylation is 1. The van der Waals surface area contributed by atoms with E-state index < -0.39 is 0 Å². The molecule has 1 aromatic heterocycles. The molecule has 0 radical (unpaired) electrons. The van der Waals surface area contributed by atoms with Crippen LogP contribution in [0.3, 0.4) is 0 Å². The molecule has 6 heteroatoms. The largest absolute Gasteiger partial charge is 0.488 e. The second-order valence-electron chi connectivity index (χ2n) is 9.92. The van der Waals surface area contributed by atoms with Gasteiger partial charge in [0.15, 0.2) is 0 Å². The molecule has 1 heterocycles. The van der Waals surface area contributed by atoms with E-state index in [1.54, 1.807) is 6.21 Å². The summed E-state index contributed by atoms with van der Waals surface area (Å²) in [7, 11) is 0. The minimum atomic E-state index is -0.293. The minimum Gasteiger partial charge on any atom is -0.488 e. The number of carbonyl (C=O) groups is 1. The van der Waals surface area contributed by atoms with Crippen molar-refractivity contribution in [1.29, 1.82) is 0 Å². The summed E-state index contributed by atoms with van der Waals surface area (Å²) < 4.78 is 9.27. The lowest BCUT2D eigenvalue weighted by Gasteiger charge is -2.13. The van der Waals surface area contributed by atoms with Crippen LogP contribution in [0.15, 0.2) is 137 Å². The van der Waals surface area contributed by atoms with Gasteiger partial charge in [0, 0.05) is 27.0 Å². The molecule has 0 aliphatic heterocycles. The van der Waals surface area contributed by atoms with Crippen LogP contribution in [0.25, 0.3) is 27.7 Å². The van der Waals surface area contributed by atoms with Crippen LogP contribution < -0.4 is 10.2 Å². The highest BCUT2D eigenvalue weighted by Gasteiger charge is 2.11. The second kappa shape index (κ2) is 12.3. The molecular weight excluding hydrogens is 586 g/mol. The van der Waals surface area contributed by atoms with Gasteiger partial charge in [0.05, 0.1) is 11.9 Å². The lowest BCUT2D eigenvalue weighted by atomic mass is 10.1. The first kappa shape index (κ1) is 27.2. The van der Waals surface area contributed by atoms with E-state index in [1.807, 2.05) is 78.9 Å². The fraction of sp³-hybridized carbons (Fsp3) is 0.0556. The molecule has 0 saturated carbocycles. The van der Waals surface area contributed by atoms with Crippen molar-refractivity contribution < 1.29 is 9.53 Å². The number of amides is 1. The van der Waals surface area contributed by atoms with Crippen molar-refractivity contribution in [1.82, 2.24) is 9.99 Å². The Morgan fingerprint density at radius 3 is 2.45 bits per heavy atom. The summed E-state index contributed by atoms with van der Waals surface area (Å²) >= 11 is 3.52. The number of nitrogens with zero attached hydrogens (tertiary/aromatic N) is 2. The molecule has 42 heavy (non-hydrogen) atoms. The fourth-order valence-electron chi connectivity index (χ4n) is 5.03. The maximum Gasteiger partial charge on any atom is 0.271 e. The van der Waals surface area contributed by atoms with Crippen LogP contribution in [0.4, 0.5) is 0 Å². The average molecular weight is 615 g/mol. The molecule has 0 aliphatic carbocycles. The molecule has 0 aliphatic rings. The summed E-state index contributed by atoms with van der Waals surface area (Å²) in [5.41, 5.74) is 9.34. The quantitative estimate of drug-likeness (QED) is 0.138. The first-order chi connectivity index (χ1) is 20.6. The van der Waals surface area contributed by atoms with E-state index >= 15 is 0 Å². The third-order valence-corrected chi connectivity index (χ3v) is 7.63. The number of hydrogen-bond donors (Lipinski definition) is 1. The zero-order valence-electron chi connectivity index (χ0n) is 23.0. The van der Waals surface area contributed by atoms with Crippen molar-refractivity contribution >= 4 is 38.8 Å². The lowest BCUT2D eigenvalue weighted by molar-refractivity contribution is 0.0955. The van der Waals surface area contributed by atoms with E-state index in [2.05, 4.69) is 86.5 Å². The standard InChI is InChI=1S/C36H28BrN3O2/c1-25-14-20-34(27-9-3-2-4-10-27)40(25)32-18-15-28(16-19-32)36(41)39-38-23-30-22-31(37)17-21-35(30)42-24-29-12-7-11-26-8-5-6-13-33(26)29/h2-23H,24H2,1H3,(H,39,41)/b38-23+. The van der Waals surface area contributed by atoms with E-state index in [9.17, 15) is 4.79 Å². The van der Waals surface area contributed by atoms with Crippen molar-refractivity contribution in [2.45, 2.75) is 13.5 Å². The average Bonchev–Trinajstić information content (AvgIpc) is 3.42. The first-order valence-electron chi connectivity index (χ1n) is 13.6. The zero-order chi connectivity index (χ0) is 28.9. The zero-order valence-corrected chi connectivity index (χ0v) is 24.6. The Bertz CT molecular complexity index is 1890. The van der Waals surface area contributed by atoms with Gasteiger partial charge in [0.1, 0.15) is 12.4 Å². The Hall–Kier alpha value is -4.94. The Kier molecular flexibility index (Phi) is 7.97. The third-order valence-electron chi connectivity index (χ3n) is 7.14. The van der Waals surface area contributed by atoms with Crippen molar-refractivity contribution in [3.63, 3.8) is 0 Å². The number of hydrazone groups is 1. The molecule has 1 amide bonds. The maximum atomic E-state index is 12.9. The van der Waals surface area contributed by atoms with Crippen molar-refractivity contribution in [2.24, 2.45) is 5.10 Å². The molecule has 206 valence electrons. The van der Waals surface area contributed by atoms with Gasteiger partial charge in [0.25, 0.3) is 5.91 Å². The SMILES string of the molecule is Cc1ccc(-c2ccccc2)n1-c1ccc(C(=O)N/N=C/c2cc(Br)ccc2OCc2cccc3ccccc23)cc1.